The molecule has 0 atom stereocenters. The maximum atomic E-state index is 2.63. The molecule has 2 aliphatic heterocycles. The second kappa shape index (κ2) is 23.4. The van der Waals surface area contributed by atoms with Gasteiger partial charge in [-0.05, 0) is 233 Å². The number of hydrogen-bond donors (Lipinski definition) is 0. The van der Waals surface area contributed by atoms with Crippen molar-refractivity contribution in [1.29, 1.82) is 0 Å². The maximum Gasteiger partial charge on any atom is 0.252 e. The maximum absolute atomic E-state index is 2.63. The summed E-state index contributed by atoms with van der Waals surface area (Å²) >= 11 is 0. The van der Waals surface area contributed by atoms with E-state index in [0.29, 0.717) is 0 Å². The van der Waals surface area contributed by atoms with Crippen molar-refractivity contribution in [1.82, 2.24) is 9.13 Å². The lowest BCUT2D eigenvalue weighted by Crippen LogP contribution is -2.61. The minimum atomic E-state index is -0.179. The molecule has 14 aromatic carbocycles. The zero-order chi connectivity index (χ0) is 70.8. The molecular weight excluding hydrogens is 1270 g/mol. The van der Waals surface area contributed by atoms with Crippen molar-refractivity contribution in [2.45, 2.75) is 103 Å². The number of aromatic nitrogens is 2. The summed E-state index contributed by atoms with van der Waals surface area (Å²) in [7, 11) is 0. The highest BCUT2D eigenvalue weighted by Gasteiger charge is 2.45. The average molecular weight is 1350 g/mol. The summed E-state index contributed by atoms with van der Waals surface area (Å²) in [5.74, 6) is 0. The molecule has 0 amide bonds. The number of anilines is 6. The van der Waals surface area contributed by atoms with Gasteiger partial charge in [0.1, 0.15) is 0 Å². The summed E-state index contributed by atoms with van der Waals surface area (Å²) < 4.78 is 5.06. The summed E-state index contributed by atoms with van der Waals surface area (Å²) in [6.07, 6.45) is 4.70. The van der Waals surface area contributed by atoms with Gasteiger partial charge in [-0.2, -0.15) is 0 Å². The molecular formula is C100H83BN4. The van der Waals surface area contributed by atoms with E-state index in [0.717, 1.165) is 57.3 Å². The second-order valence-corrected chi connectivity index (χ2v) is 32.9. The Hall–Kier alpha value is -11.7. The minimum absolute atomic E-state index is 0.0741. The molecule has 16 aromatic rings. The minimum Gasteiger partial charge on any atom is -0.311 e. The lowest BCUT2D eigenvalue weighted by molar-refractivity contribution is 0.332. The van der Waals surface area contributed by atoms with Gasteiger partial charge < -0.3 is 18.9 Å². The Labute approximate surface area is 617 Å². The molecule has 506 valence electrons. The molecule has 5 heteroatoms. The van der Waals surface area contributed by atoms with Crippen molar-refractivity contribution in [3.8, 4) is 67.0 Å². The molecule has 4 nitrogen and oxygen atoms in total. The lowest BCUT2D eigenvalue weighted by atomic mass is 9.33. The van der Waals surface area contributed by atoms with E-state index >= 15 is 0 Å². The van der Waals surface area contributed by atoms with E-state index in [1.807, 2.05) is 0 Å². The highest BCUT2D eigenvalue weighted by molar-refractivity contribution is 7.00. The highest BCUT2D eigenvalue weighted by atomic mass is 15.2. The first-order chi connectivity index (χ1) is 51.0. The quantitative estimate of drug-likeness (QED) is 0.134. The number of benzene rings is 14. The van der Waals surface area contributed by atoms with Crippen LogP contribution in [-0.2, 0) is 21.7 Å². The first-order valence-corrected chi connectivity index (χ1v) is 37.8. The smallest absolute Gasteiger partial charge is 0.252 e. The molecule has 2 aliphatic carbocycles. The van der Waals surface area contributed by atoms with Crippen LogP contribution in [0.1, 0.15) is 103 Å². The number of fused-ring (bicyclic) bond motifs is 12. The summed E-state index contributed by atoms with van der Waals surface area (Å²) in [6, 6.07) is 118. The predicted molar refractivity (Wildman–Crippen MR) is 447 cm³/mol. The summed E-state index contributed by atoms with van der Waals surface area (Å²) in [5.41, 5.74) is 35.9. The number of nitrogens with zero attached hydrogens (tertiary/aromatic N) is 4. The molecule has 4 aliphatic rings. The fourth-order valence-corrected chi connectivity index (χ4v) is 18.9. The van der Waals surface area contributed by atoms with E-state index in [2.05, 4.69) is 384 Å². The molecule has 105 heavy (non-hydrogen) atoms. The molecule has 0 fully saturated rings. The predicted octanol–water partition coefficient (Wildman–Crippen LogP) is 25.0. The normalized spacial score (nSPS) is 15.7. The Kier molecular flexibility index (Phi) is 14.1. The van der Waals surface area contributed by atoms with Gasteiger partial charge in [0.05, 0.1) is 27.8 Å². The van der Waals surface area contributed by atoms with Crippen LogP contribution < -0.4 is 26.2 Å². The van der Waals surface area contributed by atoms with Gasteiger partial charge in [-0.15, -0.1) is 0 Å². The Balaban J connectivity index is 0.855. The van der Waals surface area contributed by atoms with Crippen LogP contribution in [0.3, 0.4) is 0 Å². The van der Waals surface area contributed by atoms with Crippen molar-refractivity contribution < 1.29 is 0 Å². The second-order valence-electron chi connectivity index (χ2n) is 32.9. The van der Waals surface area contributed by atoms with E-state index in [1.165, 1.54) is 152 Å². The van der Waals surface area contributed by atoms with Gasteiger partial charge in [-0.25, -0.2) is 0 Å². The highest BCUT2D eigenvalue weighted by Crippen LogP contribution is 2.52. The molecule has 0 saturated heterocycles. The van der Waals surface area contributed by atoms with Gasteiger partial charge in [0.2, 0.25) is 0 Å². The van der Waals surface area contributed by atoms with E-state index in [9.17, 15) is 0 Å². The van der Waals surface area contributed by atoms with Crippen molar-refractivity contribution in [3.05, 3.63) is 332 Å². The van der Waals surface area contributed by atoms with Crippen LogP contribution in [0.4, 0.5) is 34.1 Å². The third-order valence-corrected chi connectivity index (χ3v) is 24.8. The summed E-state index contributed by atoms with van der Waals surface area (Å²) in [5, 5.41) is 4.89. The largest absolute Gasteiger partial charge is 0.311 e. The Morgan fingerprint density at radius 3 is 1.05 bits per heavy atom. The Bertz CT molecular complexity index is 6060. The Morgan fingerprint density at radius 2 is 0.571 bits per heavy atom. The van der Waals surface area contributed by atoms with Gasteiger partial charge >= 0.3 is 0 Å². The Morgan fingerprint density at radius 1 is 0.229 bits per heavy atom. The number of rotatable bonds is 9. The van der Waals surface area contributed by atoms with Gasteiger partial charge in [-0.3, -0.25) is 0 Å². The first kappa shape index (κ1) is 63.1. The van der Waals surface area contributed by atoms with Gasteiger partial charge in [0, 0.05) is 61.4 Å². The average Bonchev–Trinajstić information content (AvgIpc) is 1.22. The molecule has 0 bridgehead atoms. The topological polar surface area (TPSA) is 16.3 Å². The zero-order valence-electron chi connectivity index (χ0n) is 61.1. The van der Waals surface area contributed by atoms with Crippen molar-refractivity contribution in [2.75, 3.05) is 9.80 Å². The van der Waals surface area contributed by atoms with Crippen LogP contribution in [-0.4, -0.2) is 15.8 Å². The van der Waals surface area contributed by atoms with Crippen molar-refractivity contribution >= 4 is 101 Å². The molecule has 0 spiro atoms. The van der Waals surface area contributed by atoms with Crippen LogP contribution in [0.25, 0.3) is 111 Å². The van der Waals surface area contributed by atoms with Crippen LogP contribution in [0.5, 0.6) is 0 Å². The van der Waals surface area contributed by atoms with E-state index in [1.54, 1.807) is 0 Å². The molecule has 0 saturated carbocycles. The van der Waals surface area contributed by atoms with Crippen LogP contribution in [0, 0.1) is 0 Å². The van der Waals surface area contributed by atoms with Crippen LogP contribution in [0.15, 0.2) is 309 Å². The third-order valence-electron chi connectivity index (χ3n) is 24.8. The summed E-state index contributed by atoms with van der Waals surface area (Å²) in [4.78, 5) is 5.24. The third kappa shape index (κ3) is 10.0. The standard InChI is InChI=1S/C100H83BN4/c1-97(2)52-54-99(5,6)84-58-71(36-46-82(84)97)67-32-41-74(42-33-67)102-92-51-40-73(66-26-16-11-17-27-66)60-87(92)101-86-48-45-76(104-90-49-38-69(64-22-12-9-13-23-64)56-80(90)81-57-70(39-50-91(81)104)65-24-14-10-15-25-65)61-93(86)103(75-43-34-68(35-44-75)72-37-47-83-85(59-72)100(7,8)55-53-98(83,3)4)95-63-77(62-94(102)96(95)101)105-88-30-20-18-28-78(88)79-29-19-21-31-89(79)105/h9-51,56-63H,52-55H2,1-8H3. The summed E-state index contributed by atoms with van der Waals surface area (Å²) in [6.45, 7) is 19.3. The zero-order valence-corrected chi connectivity index (χ0v) is 61.1. The fraction of sp³-hybridized carbons (Fsp3) is 0.160. The molecule has 4 heterocycles. The van der Waals surface area contributed by atoms with Crippen molar-refractivity contribution in [2.24, 2.45) is 0 Å². The van der Waals surface area contributed by atoms with E-state index < -0.39 is 0 Å². The number of para-hydroxylation sites is 2. The van der Waals surface area contributed by atoms with Gasteiger partial charge in [0.15, 0.2) is 0 Å². The SMILES string of the molecule is CC1(C)CCC(C)(C)c2cc(-c3ccc(N4c5ccc(-c6ccccc6)cc5B5c6ccc(-n7c8ccc(-c9ccccc9)cc8c8cc(-c9ccccc9)ccc87)cc6N(c6ccc(-c7ccc8c(c7)C(C)(C)CCC8(C)C)cc6)c6cc(-n7c8ccccc8c8ccccc87)cc4c65)cc3)ccc21. The van der Waals surface area contributed by atoms with Gasteiger partial charge in [0.25, 0.3) is 6.71 Å². The van der Waals surface area contributed by atoms with E-state index in [4.69, 9.17) is 0 Å². The fourth-order valence-electron chi connectivity index (χ4n) is 18.9. The lowest BCUT2D eigenvalue weighted by Gasteiger charge is -2.44. The van der Waals surface area contributed by atoms with Gasteiger partial charge in [-0.1, -0.05) is 274 Å². The molecule has 2 aromatic heterocycles. The molecule has 0 unspecified atom stereocenters. The molecule has 0 N–H and O–H groups in total. The first-order valence-electron chi connectivity index (χ1n) is 37.8. The molecule has 0 radical (unpaired) electrons. The van der Waals surface area contributed by atoms with Crippen molar-refractivity contribution in [3.63, 3.8) is 0 Å². The van der Waals surface area contributed by atoms with Crippen LogP contribution in [0.2, 0.25) is 0 Å². The van der Waals surface area contributed by atoms with E-state index in [-0.39, 0.29) is 28.4 Å². The molecule has 20 rings (SSSR count). The monoisotopic (exact) mass is 1350 g/mol. The number of hydrogen-bond acceptors (Lipinski definition) is 2. The van der Waals surface area contributed by atoms with Crippen LogP contribution >= 0.6 is 0 Å².